The van der Waals surface area contributed by atoms with Crippen LogP contribution in [-0.2, 0) is 10.8 Å². The van der Waals surface area contributed by atoms with Crippen molar-refractivity contribution in [2.45, 2.75) is 38.5 Å². The van der Waals surface area contributed by atoms with Gasteiger partial charge < -0.3 is 28.0 Å². The molecule has 150 heavy (non-hydrogen) atoms. The highest BCUT2D eigenvalue weighted by molar-refractivity contribution is 6.22. The Morgan fingerprint density at radius 1 is 0.173 bits per heavy atom. The first-order chi connectivity index (χ1) is 73.8. The van der Waals surface area contributed by atoms with Gasteiger partial charge in [-0.05, 0) is 290 Å². The molecule has 9 heteroatoms. The van der Waals surface area contributed by atoms with E-state index in [-0.39, 0.29) is 10.8 Å². The highest BCUT2D eigenvalue weighted by atomic mass is 16.4. The maximum absolute atomic E-state index is 6.58. The zero-order valence-corrected chi connectivity index (χ0v) is 83.1. The van der Waals surface area contributed by atoms with Gasteiger partial charge in [-0.1, -0.05) is 392 Å². The summed E-state index contributed by atoms with van der Waals surface area (Å²) in [5, 5.41) is 13.4. The van der Waals surface area contributed by atoms with Crippen molar-refractivity contribution in [1.29, 1.82) is 0 Å². The van der Waals surface area contributed by atoms with Crippen molar-refractivity contribution in [3.8, 4) is 101 Å². The molecule has 0 amide bonds. The number of benzene rings is 24. The largest absolute Gasteiger partial charge is 0.435 e. The van der Waals surface area contributed by atoms with Crippen molar-refractivity contribution >= 4 is 149 Å². The topological polar surface area (TPSA) is 87.8 Å². The Hall–Kier alpha value is -19.4. The van der Waals surface area contributed by atoms with Crippen LogP contribution in [0, 0.1) is 0 Å². The molecular weight excluding hydrogens is 1830 g/mol. The van der Waals surface area contributed by atoms with E-state index in [1.54, 1.807) is 0 Å². The van der Waals surface area contributed by atoms with Crippen LogP contribution >= 0.6 is 0 Å². The minimum Gasteiger partial charge on any atom is -0.435 e. The van der Waals surface area contributed by atoms with Crippen molar-refractivity contribution in [1.82, 2.24) is 15.0 Å². The maximum atomic E-state index is 6.58. The highest BCUT2D eigenvalue weighted by Gasteiger charge is 2.38. The first-order valence-corrected chi connectivity index (χ1v) is 51.3. The summed E-state index contributed by atoms with van der Waals surface area (Å²) in [6.45, 7) is 9.37. The Morgan fingerprint density at radius 3 is 0.747 bits per heavy atom. The molecule has 0 saturated heterocycles. The molecule has 0 saturated carbocycles. The van der Waals surface area contributed by atoms with Gasteiger partial charge in [0.25, 0.3) is 0 Å². The summed E-state index contributed by atoms with van der Waals surface area (Å²) < 4.78 is 19.7. The molecule has 0 N–H and O–H groups in total. The van der Waals surface area contributed by atoms with E-state index >= 15 is 0 Å². The van der Waals surface area contributed by atoms with Crippen molar-refractivity contribution < 1.29 is 13.3 Å². The van der Waals surface area contributed by atoms with Crippen molar-refractivity contribution in [2.24, 2.45) is 0 Å². The molecule has 3 heterocycles. The van der Waals surface area contributed by atoms with Crippen LogP contribution in [-0.4, -0.2) is 15.0 Å². The van der Waals surface area contributed by atoms with Crippen LogP contribution < -0.4 is 14.7 Å². The lowest BCUT2D eigenvalue weighted by Gasteiger charge is -2.28. The Balaban J connectivity index is 0.000000111. The lowest BCUT2D eigenvalue weighted by atomic mass is 9.82. The molecule has 9 nitrogen and oxygen atoms in total. The number of para-hydroxylation sites is 1. The number of rotatable bonds is 16. The summed E-state index contributed by atoms with van der Waals surface area (Å²) in [5.74, 6) is 1.89. The van der Waals surface area contributed by atoms with Gasteiger partial charge in [0.15, 0.2) is 16.7 Å². The van der Waals surface area contributed by atoms with E-state index in [2.05, 4.69) is 473 Å². The van der Waals surface area contributed by atoms with Gasteiger partial charge in [0.1, 0.15) is 16.6 Å². The molecule has 0 radical (unpaired) electrons. The van der Waals surface area contributed by atoms with Gasteiger partial charge in [-0.15, -0.1) is 0 Å². The van der Waals surface area contributed by atoms with E-state index in [9.17, 15) is 0 Å². The van der Waals surface area contributed by atoms with Gasteiger partial charge >= 0.3 is 0 Å². The van der Waals surface area contributed by atoms with Gasteiger partial charge in [-0.2, -0.15) is 0 Å². The number of hydrogen-bond acceptors (Lipinski definition) is 9. The normalized spacial score (nSPS) is 12.5. The van der Waals surface area contributed by atoms with E-state index in [0.717, 1.165) is 171 Å². The van der Waals surface area contributed by atoms with Crippen molar-refractivity contribution in [2.75, 3.05) is 14.7 Å². The van der Waals surface area contributed by atoms with Gasteiger partial charge in [-0.3, -0.25) is 0 Å². The van der Waals surface area contributed by atoms with E-state index in [0.29, 0.717) is 17.7 Å². The standard InChI is InChI=1S/2C48H34N2O.C45H30N2O/c2*1-48(2)42-16-10-9-15-39(42)40-27-26-38(30-43(40)48)50(36-23-19-32(20-24-36)31-11-5-3-6-12-31)37-25-21-33-17-18-34-22-28-44-46(45(34)41(33)29-37)51-47(49-44)35-13-7-4-8-14-35;1-4-12-31(13-5-1)32-22-26-37(27-23-32)47(42-19-11-10-18-39(42)33-14-6-2-7-15-33)38-28-24-34-20-21-35-25-29-41-44(43(35)40(34)30-38)48-45(46-41)36-16-8-3-9-17-36/h2*3-30H,1-2H3;1-30H. The van der Waals surface area contributed by atoms with Gasteiger partial charge in [0.05, 0.1) is 5.69 Å². The minimum atomic E-state index is -0.112. The number of nitrogens with zero attached hydrogens (tertiary/aromatic N) is 6. The summed E-state index contributed by atoms with van der Waals surface area (Å²) in [4.78, 5) is 21.9. The number of anilines is 9. The zero-order chi connectivity index (χ0) is 100. The monoisotopic (exact) mass is 1920 g/mol. The maximum Gasteiger partial charge on any atom is 0.227 e. The summed E-state index contributed by atoms with van der Waals surface area (Å²) in [5.41, 5.74) is 37.7. The first-order valence-electron chi connectivity index (χ1n) is 51.3. The molecular formula is C141H98N6O3. The minimum absolute atomic E-state index is 0.112. The third kappa shape index (κ3) is 15.9. The van der Waals surface area contributed by atoms with Crippen LogP contribution in [0.1, 0.15) is 49.9 Å². The number of fused-ring (bicyclic) bond motifs is 21. The quantitative estimate of drug-likeness (QED) is 0.0878. The summed E-state index contributed by atoms with van der Waals surface area (Å²) in [6, 6.07) is 186. The zero-order valence-electron chi connectivity index (χ0n) is 83.1. The first kappa shape index (κ1) is 89.5. The molecule has 2 aliphatic carbocycles. The summed E-state index contributed by atoms with van der Waals surface area (Å²) >= 11 is 0. The third-order valence-electron chi connectivity index (χ3n) is 30.4. The van der Waals surface area contributed by atoms with Gasteiger partial charge in [0.2, 0.25) is 17.7 Å². The van der Waals surface area contributed by atoms with Crippen LogP contribution in [0.4, 0.5) is 51.2 Å². The summed E-state index contributed by atoms with van der Waals surface area (Å²) in [6.07, 6.45) is 0. The number of aromatic nitrogens is 3. The average Bonchev–Trinajstić information content (AvgIpc) is 1.57. The Morgan fingerprint density at radius 2 is 0.407 bits per heavy atom. The molecule has 0 unspecified atom stereocenters. The molecule has 3 aromatic heterocycles. The number of hydrogen-bond donors (Lipinski definition) is 0. The molecule has 24 aromatic carbocycles. The van der Waals surface area contributed by atoms with Gasteiger partial charge in [-0.25, -0.2) is 15.0 Å². The van der Waals surface area contributed by atoms with Gasteiger partial charge in [0, 0.05) is 94.7 Å². The molecule has 29 rings (SSSR count). The molecule has 0 aliphatic heterocycles. The second kappa shape index (κ2) is 37.1. The lowest BCUT2D eigenvalue weighted by molar-refractivity contribution is 0.623. The average molecular weight is 1920 g/mol. The summed E-state index contributed by atoms with van der Waals surface area (Å²) in [7, 11) is 0. The SMILES string of the molecule is CC1(C)c2ccccc2-c2ccc(N(c3ccc(-c4ccccc4)cc3)c3ccc4ccc5ccc6nc(-c7ccccc7)oc6c5c4c3)cc21.CC1(C)c2ccccc2-c2ccc(N(c3ccc(-c4ccccc4)cc3)c3ccc4ccc5ccc6nc(-c7ccccc7)oc6c5c4c3)cc21.c1ccc(-c2ccc(N(c3ccc4ccc5ccc6nc(-c7ccccc7)oc6c5c4c3)c3ccccc3-c3ccccc3)cc2)cc1. The van der Waals surface area contributed by atoms with Crippen LogP contribution in [0.25, 0.3) is 199 Å². The predicted molar refractivity (Wildman–Crippen MR) is 624 cm³/mol. The van der Waals surface area contributed by atoms with Crippen LogP contribution in [0.15, 0.2) is 535 Å². The lowest BCUT2D eigenvalue weighted by Crippen LogP contribution is -2.16. The fraction of sp³-hybridized carbons (Fsp3) is 0.0426. The van der Waals surface area contributed by atoms with Crippen molar-refractivity contribution in [3.05, 3.63) is 544 Å². The van der Waals surface area contributed by atoms with Crippen LogP contribution in [0.5, 0.6) is 0 Å². The Bertz CT molecular complexity index is 9470. The van der Waals surface area contributed by atoms with E-state index < -0.39 is 0 Å². The second-order valence-corrected chi connectivity index (χ2v) is 40.0. The second-order valence-electron chi connectivity index (χ2n) is 40.0. The third-order valence-corrected chi connectivity index (χ3v) is 30.4. The van der Waals surface area contributed by atoms with Crippen LogP contribution in [0.3, 0.4) is 0 Å². The van der Waals surface area contributed by atoms with E-state index in [1.807, 2.05) is 91.0 Å². The molecule has 0 atom stereocenters. The molecule has 710 valence electrons. The molecule has 0 fully saturated rings. The smallest absolute Gasteiger partial charge is 0.227 e. The Kier molecular flexibility index (Phi) is 22.1. The molecule has 0 bridgehead atoms. The Labute approximate surface area is 869 Å². The fourth-order valence-corrected chi connectivity index (χ4v) is 22.9. The van der Waals surface area contributed by atoms with E-state index in [4.69, 9.17) is 28.2 Å². The molecule has 0 spiro atoms. The van der Waals surface area contributed by atoms with Crippen molar-refractivity contribution in [3.63, 3.8) is 0 Å². The fourth-order valence-electron chi connectivity index (χ4n) is 22.9. The molecule has 27 aromatic rings. The molecule has 2 aliphatic rings. The number of oxazole rings is 3. The van der Waals surface area contributed by atoms with Crippen LogP contribution in [0.2, 0.25) is 0 Å². The highest BCUT2D eigenvalue weighted by Crippen LogP contribution is 2.55. The van der Waals surface area contributed by atoms with E-state index in [1.165, 1.54) is 83.5 Å². The predicted octanol–water partition coefficient (Wildman–Crippen LogP) is 39.1.